The molecular formula is C17H31N3O2. The molecule has 0 spiro atoms. The minimum atomic E-state index is -0.274. The van der Waals surface area contributed by atoms with Gasteiger partial charge in [0.2, 0.25) is 11.8 Å². The van der Waals surface area contributed by atoms with E-state index < -0.39 is 0 Å². The average molecular weight is 309 g/mol. The Morgan fingerprint density at radius 1 is 1.23 bits per heavy atom. The number of likely N-dealkylation sites (tertiary alicyclic amines) is 1. The van der Waals surface area contributed by atoms with Crippen molar-refractivity contribution in [1.29, 1.82) is 0 Å². The summed E-state index contributed by atoms with van der Waals surface area (Å²) in [6.45, 7) is 10.0. The molecule has 0 saturated carbocycles. The molecule has 2 fully saturated rings. The molecule has 126 valence electrons. The van der Waals surface area contributed by atoms with Crippen LogP contribution in [0.15, 0.2) is 0 Å². The van der Waals surface area contributed by atoms with E-state index in [0.717, 1.165) is 32.2 Å². The molecule has 2 N–H and O–H groups in total. The highest BCUT2D eigenvalue weighted by atomic mass is 16.2. The molecule has 2 rings (SSSR count). The molecule has 3 atom stereocenters. The third kappa shape index (κ3) is 4.45. The van der Waals surface area contributed by atoms with Gasteiger partial charge in [0.1, 0.15) is 6.04 Å². The predicted octanol–water partition coefficient (Wildman–Crippen LogP) is 1.67. The lowest BCUT2D eigenvalue weighted by Gasteiger charge is -2.33. The number of carbonyl (C=O) groups is 2. The maximum absolute atomic E-state index is 12.6. The van der Waals surface area contributed by atoms with Crippen LogP contribution in [0, 0.1) is 5.41 Å². The smallest absolute Gasteiger partial charge is 0.243 e. The Labute approximate surface area is 134 Å². The highest BCUT2D eigenvalue weighted by molar-refractivity contribution is 5.88. The van der Waals surface area contributed by atoms with Gasteiger partial charge in [0.25, 0.3) is 0 Å². The summed E-state index contributed by atoms with van der Waals surface area (Å²) in [6.07, 6.45) is 4.32. The summed E-state index contributed by atoms with van der Waals surface area (Å²) in [7, 11) is 0. The van der Waals surface area contributed by atoms with Crippen molar-refractivity contribution < 1.29 is 9.59 Å². The third-order valence-corrected chi connectivity index (χ3v) is 4.65. The molecule has 5 nitrogen and oxygen atoms in total. The first-order valence-corrected chi connectivity index (χ1v) is 8.61. The van der Waals surface area contributed by atoms with Gasteiger partial charge in [0.15, 0.2) is 0 Å². The van der Waals surface area contributed by atoms with E-state index in [4.69, 9.17) is 0 Å². The number of carbonyl (C=O) groups excluding carboxylic acids is 2. The van der Waals surface area contributed by atoms with Crippen LogP contribution in [0.3, 0.4) is 0 Å². The number of rotatable bonds is 3. The number of piperidine rings is 1. The SMILES string of the molecule is CC1NCCCC1NC(=O)C1CCCN1C(=O)CC(C)(C)C. The Morgan fingerprint density at radius 3 is 2.59 bits per heavy atom. The van der Waals surface area contributed by atoms with E-state index in [9.17, 15) is 9.59 Å². The van der Waals surface area contributed by atoms with E-state index in [2.05, 4.69) is 38.3 Å². The molecule has 0 aromatic rings. The van der Waals surface area contributed by atoms with Crippen molar-refractivity contribution in [2.75, 3.05) is 13.1 Å². The maximum Gasteiger partial charge on any atom is 0.243 e. The van der Waals surface area contributed by atoms with Crippen LogP contribution in [0.25, 0.3) is 0 Å². The van der Waals surface area contributed by atoms with Gasteiger partial charge in [-0.15, -0.1) is 0 Å². The summed E-state index contributed by atoms with van der Waals surface area (Å²) in [5, 5.41) is 6.56. The molecule has 0 aromatic heterocycles. The van der Waals surface area contributed by atoms with Gasteiger partial charge in [0.05, 0.1) is 0 Å². The molecule has 0 radical (unpaired) electrons. The summed E-state index contributed by atoms with van der Waals surface area (Å²) in [5.74, 6) is 0.139. The maximum atomic E-state index is 12.6. The Bertz CT molecular complexity index is 417. The summed E-state index contributed by atoms with van der Waals surface area (Å²) >= 11 is 0. The van der Waals surface area contributed by atoms with Gasteiger partial charge in [-0.05, 0) is 44.6 Å². The van der Waals surface area contributed by atoms with Crippen LogP contribution >= 0.6 is 0 Å². The lowest BCUT2D eigenvalue weighted by atomic mass is 9.91. The van der Waals surface area contributed by atoms with Crippen molar-refractivity contribution in [3.8, 4) is 0 Å². The molecule has 2 saturated heterocycles. The minimum absolute atomic E-state index is 0.0281. The lowest BCUT2D eigenvalue weighted by molar-refractivity contribution is -0.140. The van der Waals surface area contributed by atoms with Gasteiger partial charge in [0, 0.05) is 25.0 Å². The van der Waals surface area contributed by atoms with Crippen LogP contribution in [-0.2, 0) is 9.59 Å². The molecular weight excluding hydrogens is 278 g/mol. The first kappa shape index (κ1) is 17.3. The normalized spacial score (nSPS) is 29.5. The summed E-state index contributed by atoms with van der Waals surface area (Å²) < 4.78 is 0. The summed E-state index contributed by atoms with van der Waals surface area (Å²) in [5.41, 5.74) is -0.0392. The monoisotopic (exact) mass is 309 g/mol. The van der Waals surface area contributed by atoms with Crippen molar-refractivity contribution in [2.24, 2.45) is 5.41 Å². The van der Waals surface area contributed by atoms with Crippen LogP contribution < -0.4 is 10.6 Å². The van der Waals surface area contributed by atoms with Crippen LogP contribution in [0.2, 0.25) is 0 Å². The first-order valence-electron chi connectivity index (χ1n) is 8.61. The van der Waals surface area contributed by atoms with Gasteiger partial charge < -0.3 is 15.5 Å². The molecule has 0 aliphatic carbocycles. The Balaban J connectivity index is 1.94. The van der Waals surface area contributed by atoms with Gasteiger partial charge in [-0.25, -0.2) is 0 Å². The molecule has 2 aliphatic heterocycles. The molecule has 5 heteroatoms. The fourth-order valence-corrected chi connectivity index (χ4v) is 3.41. The summed E-state index contributed by atoms with van der Waals surface area (Å²) in [6, 6.07) is 0.211. The molecule has 0 bridgehead atoms. The van der Waals surface area contributed by atoms with Crippen molar-refractivity contribution in [2.45, 2.75) is 77.9 Å². The van der Waals surface area contributed by atoms with Crippen LogP contribution in [0.1, 0.15) is 59.8 Å². The topological polar surface area (TPSA) is 61.4 Å². The Morgan fingerprint density at radius 2 is 1.95 bits per heavy atom. The van der Waals surface area contributed by atoms with Crippen molar-refractivity contribution in [3.63, 3.8) is 0 Å². The van der Waals surface area contributed by atoms with Crippen molar-refractivity contribution >= 4 is 11.8 Å². The highest BCUT2D eigenvalue weighted by Crippen LogP contribution is 2.25. The van der Waals surface area contributed by atoms with Crippen molar-refractivity contribution in [3.05, 3.63) is 0 Å². The zero-order valence-corrected chi connectivity index (χ0v) is 14.4. The van der Waals surface area contributed by atoms with Crippen LogP contribution in [0.4, 0.5) is 0 Å². The average Bonchev–Trinajstić information content (AvgIpc) is 2.89. The zero-order valence-electron chi connectivity index (χ0n) is 14.4. The molecule has 0 aromatic carbocycles. The molecule has 2 amide bonds. The number of hydrogen-bond acceptors (Lipinski definition) is 3. The van der Waals surface area contributed by atoms with Gasteiger partial charge in [-0.3, -0.25) is 9.59 Å². The van der Waals surface area contributed by atoms with Crippen molar-refractivity contribution in [1.82, 2.24) is 15.5 Å². The first-order chi connectivity index (χ1) is 10.3. The second kappa shape index (κ2) is 6.99. The molecule has 2 aliphatic rings. The van der Waals surface area contributed by atoms with Gasteiger partial charge >= 0.3 is 0 Å². The summed E-state index contributed by atoms with van der Waals surface area (Å²) in [4.78, 5) is 26.9. The standard InChI is InChI=1S/C17H31N3O2/c1-12-13(7-5-9-18-12)19-16(22)14-8-6-10-20(14)15(21)11-17(2,3)4/h12-14,18H,5-11H2,1-4H3,(H,19,22). The quantitative estimate of drug-likeness (QED) is 0.833. The Kier molecular flexibility index (Phi) is 5.48. The van der Waals surface area contributed by atoms with Crippen LogP contribution in [-0.4, -0.2) is 47.9 Å². The highest BCUT2D eigenvalue weighted by Gasteiger charge is 2.36. The van der Waals surface area contributed by atoms with E-state index >= 15 is 0 Å². The molecule has 22 heavy (non-hydrogen) atoms. The fraction of sp³-hybridized carbons (Fsp3) is 0.882. The van der Waals surface area contributed by atoms with E-state index in [0.29, 0.717) is 19.0 Å². The van der Waals surface area contributed by atoms with E-state index in [-0.39, 0.29) is 29.3 Å². The molecule has 3 unspecified atom stereocenters. The number of hydrogen-bond donors (Lipinski definition) is 2. The lowest BCUT2D eigenvalue weighted by Crippen LogP contribution is -2.56. The van der Waals surface area contributed by atoms with Crippen LogP contribution in [0.5, 0.6) is 0 Å². The van der Waals surface area contributed by atoms with E-state index in [1.165, 1.54) is 0 Å². The predicted molar refractivity (Wildman–Crippen MR) is 87.4 cm³/mol. The van der Waals surface area contributed by atoms with Gasteiger partial charge in [-0.1, -0.05) is 20.8 Å². The molecule has 2 heterocycles. The second-order valence-electron chi connectivity index (χ2n) is 7.98. The number of nitrogens with zero attached hydrogens (tertiary/aromatic N) is 1. The number of amides is 2. The minimum Gasteiger partial charge on any atom is -0.350 e. The second-order valence-corrected chi connectivity index (χ2v) is 7.98. The Hall–Kier alpha value is -1.10. The van der Waals surface area contributed by atoms with Gasteiger partial charge in [-0.2, -0.15) is 0 Å². The largest absolute Gasteiger partial charge is 0.350 e. The zero-order chi connectivity index (χ0) is 16.3. The van der Waals surface area contributed by atoms with E-state index in [1.807, 2.05) is 0 Å². The fourth-order valence-electron chi connectivity index (χ4n) is 3.41. The van der Waals surface area contributed by atoms with E-state index in [1.54, 1.807) is 4.90 Å². The number of nitrogens with one attached hydrogen (secondary N) is 2. The third-order valence-electron chi connectivity index (χ3n) is 4.65.